The molecule has 0 amide bonds. The van der Waals surface area contributed by atoms with Crippen LogP contribution in [0.4, 0.5) is 0 Å². The molecule has 0 aromatic heterocycles. The van der Waals surface area contributed by atoms with Crippen molar-refractivity contribution in [1.29, 1.82) is 0 Å². The molecule has 0 bridgehead atoms. The standard InChI is InChI=1S/C8H19BrN2O2S/c1-5-8(9)6-10-14(12,13)11(4)7(2)3/h7-8,10H,5-6H2,1-4H3. The highest BCUT2D eigenvalue weighted by atomic mass is 79.9. The predicted octanol–water partition coefficient (Wildman–Crippen LogP) is 1.33. The van der Waals surface area contributed by atoms with Crippen LogP contribution in [0, 0.1) is 0 Å². The summed E-state index contributed by atoms with van der Waals surface area (Å²) in [5, 5.41) is 0. The largest absolute Gasteiger partial charge is 0.279 e. The molecule has 0 aliphatic rings. The SMILES string of the molecule is CCC(Br)CNS(=O)(=O)N(C)C(C)C. The lowest BCUT2D eigenvalue weighted by molar-refractivity contribution is 0.402. The minimum atomic E-state index is -3.31. The minimum Gasteiger partial charge on any atom is -0.201 e. The zero-order chi connectivity index (χ0) is 11.4. The number of rotatable bonds is 6. The van der Waals surface area contributed by atoms with E-state index in [0.717, 1.165) is 6.42 Å². The van der Waals surface area contributed by atoms with Crippen LogP contribution in [-0.2, 0) is 10.2 Å². The van der Waals surface area contributed by atoms with E-state index in [4.69, 9.17) is 0 Å². The summed E-state index contributed by atoms with van der Waals surface area (Å²) in [6, 6.07) is -0.0251. The molecule has 0 spiro atoms. The maximum absolute atomic E-state index is 11.6. The summed E-state index contributed by atoms with van der Waals surface area (Å²) in [6.45, 7) is 6.10. The van der Waals surface area contributed by atoms with E-state index in [1.807, 2.05) is 20.8 Å². The Labute approximate surface area is 95.4 Å². The molecule has 0 radical (unpaired) electrons. The summed E-state index contributed by atoms with van der Waals surface area (Å²) in [5.74, 6) is 0. The van der Waals surface area contributed by atoms with E-state index in [1.165, 1.54) is 4.31 Å². The first-order valence-electron chi connectivity index (χ1n) is 4.68. The van der Waals surface area contributed by atoms with Crippen molar-refractivity contribution in [2.45, 2.75) is 38.1 Å². The molecule has 0 heterocycles. The van der Waals surface area contributed by atoms with E-state index in [9.17, 15) is 8.42 Å². The highest BCUT2D eigenvalue weighted by Gasteiger charge is 2.20. The van der Waals surface area contributed by atoms with Gasteiger partial charge >= 0.3 is 0 Å². The summed E-state index contributed by atoms with van der Waals surface area (Å²) in [5.41, 5.74) is 0. The van der Waals surface area contributed by atoms with Crippen LogP contribution in [0.15, 0.2) is 0 Å². The van der Waals surface area contributed by atoms with Gasteiger partial charge in [-0.25, -0.2) is 4.72 Å². The van der Waals surface area contributed by atoms with Crippen LogP contribution in [0.3, 0.4) is 0 Å². The van der Waals surface area contributed by atoms with Crippen LogP contribution in [0.1, 0.15) is 27.2 Å². The van der Waals surface area contributed by atoms with E-state index in [0.29, 0.717) is 6.54 Å². The molecule has 14 heavy (non-hydrogen) atoms. The lowest BCUT2D eigenvalue weighted by Gasteiger charge is -2.21. The molecule has 4 nitrogen and oxygen atoms in total. The molecule has 0 aliphatic heterocycles. The van der Waals surface area contributed by atoms with Gasteiger partial charge in [0.25, 0.3) is 10.2 Å². The Kier molecular flexibility index (Phi) is 6.20. The number of alkyl halides is 1. The van der Waals surface area contributed by atoms with Gasteiger partial charge in [-0.1, -0.05) is 22.9 Å². The summed E-state index contributed by atoms with van der Waals surface area (Å²) in [6.07, 6.45) is 0.897. The third-order valence-corrected chi connectivity index (χ3v) is 4.72. The van der Waals surface area contributed by atoms with Crippen LogP contribution in [0.5, 0.6) is 0 Å². The quantitative estimate of drug-likeness (QED) is 0.749. The van der Waals surface area contributed by atoms with Gasteiger partial charge in [0.05, 0.1) is 0 Å². The first kappa shape index (κ1) is 14.3. The molecular formula is C8H19BrN2O2S. The van der Waals surface area contributed by atoms with Crippen molar-refractivity contribution in [2.75, 3.05) is 13.6 Å². The first-order valence-corrected chi connectivity index (χ1v) is 7.03. The van der Waals surface area contributed by atoms with Gasteiger partial charge in [-0.05, 0) is 20.3 Å². The molecule has 0 fully saturated rings. The van der Waals surface area contributed by atoms with Crippen LogP contribution in [0.25, 0.3) is 0 Å². The second-order valence-electron chi connectivity index (χ2n) is 3.47. The van der Waals surface area contributed by atoms with Crippen LogP contribution >= 0.6 is 15.9 Å². The van der Waals surface area contributed by atoms with Crippen molar-refractivity contribution in [3.8, 4) is 0 Å². The number of halogens is 1. The maximum atomic E-state index is 11.6. The Hall–Kier alpha value is 0.350. The number of nitrogens with one attached hydrogen (secondary N) is 1. The monoisotopic (exact) mass is 286 g/mol. The number of nitrogens with zero attached hydrogens (tertiary/aromatic N) is 1. The predicted molar refractivity (Wildman–Crippen MR) is 62.8 cm³/mol. The van der Waals surface area contributed by atoms with Crippen molar-refractivity contribution >= 4 is 26.1 Å². The van der Waals surface area contributed by atoms with Crippen molar-refractivity contribution in [1.82, 2.24) is 9.03 Å². The fraction of sp³-hybridized carbons (Fsp3) is 1.00. The lowest BCUT2D eigenvalue weighted by atomic mass is 10.3. The van der Waals surface area contributed by atoms with Crippen LogP contribution < -0.4 is 4.72 Å². The number of hydrogen-bond acceptors (Lipinski definition) is 2. The third kappa shape index (κ3) is 4.72. The van der Waals surface area contributed by atoms with Gasteiger partial charge in [0, 0.05) is 24.5 Å². The van der Waals surface area contributed by atoms with Gasteiger partial charge in [-0.2, -0.15) is 12.7 Å². The van der Waals surface area contributed by atoms with E-state index >= 15 is 0 Å². The fourth-order valence-corrected chi connectivity index (χ4v) is 2.27. The van der Waals surface area contributed by atoms with Crippen molar-refractivity contribution < 1.29 is 8.42 Å². The van der Waals surface area contributed by atoms with Gasteiger partial charge < -0.3 is 0 Å². The summed E-state index contributed by atoms with van der Waals surface area (Å²) < 4.78 is 27.0. The maximum Gasteiger partial charge on any atom is 0.279 e. The summed E-state index contributed by atoms with van der Waals surface area (Å²) >= 11 is 3.37. The molecule has 86 valence electrons. The molecule has 1 N–H and O–H groups in total. The molecule has 0 aromatic rings. The number of hydrogen-bond donors (Lipinski definition) is 1. The smallest absolute Gasteiger partial charge is 0.201 e. The summed E-state index contributed by atoms with van der Waals surface area (Å²) in [4.78, 5) is 0.192. The highest BCUT2D eigenvalue weighted by molar-refractivity contribution is 9.09. The van der Waals surface area contributed by atoms with E-state index in [1.54, 1.807) is 7.05 Å². The normalized spacial score (nSPS) is 15.1. The molecule has 1 unspecified atom stereocenters. The molecule has 0 saturated carbocycles. The summed E-state index contributed by atoms with van der Waals surface area (Å²) in [7, 11) is -1.74. The second-order valence-corrected chi connectivity index (χ2v) is 6.58. The fourth-order valence-electron chi connectivity index (χ4n) is 0.719. The molecule has 0 aromatic carbocycles. The average molecular weight is 287 g/mol. The first-order chi connectivity index (χ1) is 6.31. The van der Waals surface area contributed by atoms with E-state index in [-0.39, 0.29) is 10.9 Å². The second kappa shape index (κ2) is 6.05. The Balaban J connectivity index is 4.22. The van der Waals surface area contributed by atoms with E-state index < -0.39 is 10.2 Å². The van der Waals surface area contributed by atoms with Crippen molar-refractivity contribution in [3.05, 3.63) is 0 Å². The Morgan fingerprint density at radius 1 is 1.43 bits per heavy atom. The molecule has 0 rings (SSSR count). The van der Waals surface area contributed by atoms with Gasteiger partial charge in [0.15, 0.2) is 0 Å². The molecule has 6 heteroatoms. The molecule has 0 aliphatic carbocycles. The van der Waals surface area contributed by atoms with Gasteiger partial charge in [-0.15, -0.1) is 0 Å². The minimum absolute atomic E-state index is 0.0251. The van der Waals surface area contributed by atoms with Crippen LogP contribution in [-0.4, -0.2) is 37.2 Å². The van der Waals surface area contributed by atoms with Gasteiger partial charge in [0.1, 0.15) is 0 Å². The Bertz CT molecular complexity index is 254. The van der Waals surface area contributed by atoms with Gasteiger partial charge in [-0.3, -0.25) is 0 Å². The zero-order valence-electron chi connectivity index (χ0n) is 9.12. The van der Waals surface area contributed by atoms with Crippen molar-refractivity contribution in [2.24, 2.45) is 0 Å². The molecule has 0 saturated heterocycles. The Morgan fingerprint density at radius 3 is 2.29 bits per heavy atom. The van der Waals surface area contributed by atoms with Crippen LogP contribution in [0.2, 0.25) is 0 Å². The molecular weight excluding hydrogens is 268 g/mol. The lowest BCUT2D eigenvalue weighted by Crippen LogP contribution is -2.43. The topological polar surface area (TPSA) is 49.4 Å². The van der Waals surface area contributed by atoms with Gasteiger partial charge in [0.2, 0.25) is 0 Å². The average Bonchev–Trinajstić information content (AvgIpc) is 2.12. The third-order valence-electron chi connectivity index (χ3n) is 2.04. The highest BCUT2D eigenvalue weighted by Crippen LogP contribution is 2.05. The molecule has 1 atom stereocenters. The van der Waals surface area contributed by atoms with Crippen molar-refractivity contribution in [3.63, 3.8) is 0 Å². The zero-order valence-corrected chi connectivity index (χ0v) is 11.5. The van der Waals surface area contributed by atoms with E-state index in [2.05, 4.69) is 20.7 Å². The Morgan fingerprint density at radius 2 is 1.93 bits per heavy atom.